The normalized spacial score (nSPS) is 18.3. The second kappa shape index (κ2) is 6.98. The monoisotopic (exact) mass is 315 g/mol. The summed E-state index contributed by atoms with van der Waals surface area (Å²) in [7, 11) is 1.86. The van der Waals surface area contributed by atoms with Crippen LogP contribution in [-0.2, 0) is 13.6 Å². The number of imidazole rings is 2. The molecule has 6 nitrogen and oxygen atoms in total. The van der Waals surface area contributed by atoms with Gasteiger partial charge in [-0.15, -0.1) is 0 Å². The van der Waals surface area contributed by atoms with Gasteiger partial charge in [-0.25, -0.2) is 9.97 Å². The summed E-state index contributed by atoms with van der Waals surface area (Å²) in [6.45, 7) is 4.74. The lowest BCUT2D eigenvalue weighted by Gasteiger charge is -2.32. The van der Waals surface area contributed by atoms with Gasteiger partial charge in [0.25, 0.3) is 5.91 Å². The van der Waals surface area contributed by atoms with E-state index in [1.54, 1.807) is 10.8 Å². The first kappa shape index (κ1) is 15.8. The summed E-state index contributed by atoms with van der Waals surface area (Å²) in [4.78, 5) is 23.4. The van der Waals surface area contributed by atoms with Gasteiger partial charge >= 0.3 is 0 Å². The SMILES string of the molecule is CCCCn1ccnc1[C@@H]1CCCN(C(=O)c2nccn2C)C1. The molecule has 0 radical (unpaired) electrons. The van der Waals surface area contributed by atoms with Gasteiger partial charge in [0.2, 0.25) is 0 Å². The largest absolute Gasteiger partial charge is 0.335 e. The van der Waals surface area contributed by atoms with Crippen LogP contribution >= 0.6 is 0 Å². The number of carbonyl (C=O) groups excluding carboxylic acids is 1. The number of amides is 1. The number of nitrogens with zero attached hydrogens (tertiary/aromatic N) is 5. The molecule has 1 amide bonds. The zero-order chi connectivity index (χ0) is 16.2. The molecule has 1 fully saturated rings. The van der Waals surface area contributed by atoms with Crippen molar-refractivity contribution in [2.24, 2.45) is 7.05 Å². The number of aryl methyl sites for hydroxylation is 2. The molecule has 3 heterocycles. The molecule has 1 aliphatic rings. The number of hydrogen-bond acceptors (Lipinski definition) is 3. The van der Waals surface area contributed by atoms with Gasteiger partial charge in [0.1, 0.15) is 5.82 Å². The Kier molecular flexibility index (Phi) is 4.79. The average Bonchev–Trinajstić information content (AvgIpc) is 3.21. The van der Waals surface area contributed by atoms with Crippen molar-refractivity contribution in [3.05, 3.63) is 36.4 Å². The van der Waals surface area contributed by atoms with E-state index >= 15 is 0 Å². The first-order valence-corrected chi connectivity index (χ1v) is 8.48. The maximum atomic E-state index is 12.7. The van der Waals surface area contributed by atoms with Crippen molar-refractivity contribution in [3.8, 4) is 0 Å². The van der Waals surface area contributed by atoms with E-state index in [4.69, 9.17) is 0 Å². The molecule has 3 rings (SSSR count). The van der Waals surface area contributed by atoms with Gasteiger partial charge in [-0.2, -0.15) is 0 Å². The van der Waals surface area contributed by atoms with Gasteiger partial charge < -0.3 is 14.0 Å². The molecule has 1 saturated heterocycles. The Labute approximate surface area is 137 Å². The Morgan fingerprint density at radius 1 is 1.30 bits per heavy atom. The maximum absolute atomic E-state index is 12.7. The summed E-state index contributed by atoms with van der Waals surface area (Å²) in [6, 6.07) is 0. The van der Waals surface area contributed by atoms with E-state index in [2.05, 4.69) is 27.7 Å². The van der Waals surface area contributed by atoms with Gasteiger partial charge in [-0.1, -0.05) is 13.3 Å². The zero-order valence-corrected chi connectivity index (χ0v) is 14.0. The van der Waals surface area contributed by atoms with Crippen LogP contribution in [0, 0.1) is 0 Å². The van der Waals surface area contributed by atoms with Crippen molar-refractivity contribution in [2.45, 2.75) is 45.1 Å². The van der Waals surface area contributed by atoms with Crippen LogP contribution in [0.1, 0.15) is 55.0 Å². The lowest BCUT2D eigenvalue weighted by Crippen LogP contribution is -2.40. The summed E-state index contributed by atoms with van der Waals surface area (Å²) >= 11 is 0. The van der Waals surface area contributed by atoms with Gasteiger partial charge in [0.15, 0.2) is 5.82 Å². The van der Waals surface area contributed by atoms with Gasteiger partial charge in [0, 0.05) is 57.4 Å². The molecule has 0 aromatic carbocycles. The lowest BCUT2D eigenvalue weighted by atomic mass is 9.97. The number of rotatable bonds is 5. The molecule has 0 unspecified atom stereocenters. The third-order valence-electron chi connectivity index (χ3n) is 4.59. The van der Waals surface area contributed by atoms with Crippen LogP contribution in [0.15, 0.2) is 24.8 Å². The Bertz CT molecular complexity index is 659. The summed E-state index contributed by atoms with van der Waals surface area (Å²) < 4.78 is 4.04. The van der Waals surface area contributed by atoms with E-state index in [-0.39, 0.29) is 5.91 Å². The van der Waals surface area contributed by atoms with Crippen molar-refractivity contribution in [1.29, 1.82) is 0 Å². The van der Waals surface area contributed by atoms with Crippen molar-refractivity contribution in [3.63, 3.8) is 0 Å². The molecule has 23 heavy (non-hydrogen) atoms. The highest BCUT2D eigenvalue weighted by atomic mass is 16.2. The van der Waals surface area contributed by atoms with Crippen molar-refractivity contribution >= 4 is 5.91 Å². The third-order valence-corrected chi connectivity index (χ3v) is 4.59. The molecule has 0 aliphatic carbocycles. The summed E-state index contributed by atoms with van der Waals surface area (Å²) in [5.41, 5.74) is 0. The van der Waals surface area contributed by atoms with E-state index in [1.807, 2.05) is 24.3 Å². The summed E-state index contributed by atoms with van der Waals surface area (Å²) in [6.07, 6.45) is 11.9. The smallest absolute Gasteiger partial charge is 0.289 e. The molecule has 1 atom stereocenters. The van der Waals surface area contributed by atoms with Crippen LogP contribution < -0.4 is 0 Å². The minimum Gasteiger partial charge on any atom is -0.335 e. The molecule has 124 valence electrons. The molecular formula is C17H25N5O. The predicted octanol–water partition coefficient (Wildman–Crippen LogP) is 2.44. The minimum atomic E-state index is 0.0221. The van der Waals surface area contributed by atoms with Crippen LogP contribution in [0.25, 0.3) is 0 Å². The van der Waals surface area contributed by atoms with E-state index in [0.717, 1.165) is 44.7 Å². The number of aromatic nitrogens is 4. The zero-order valence-electron chi connectivity index (χ0n) is 14.0. The van der Waals surface area contributed by atoms with Gasteiger partial charge in [0.05, 0.1) is 0 Å². The molecular weight excluding hydrogens is 290 g/mol. The maximum Gasteiger partial charge on any atom is 0.289 e. The molecule has 0 spiro atoms. The average molecular weight is 315 g/mol. The molecule has 0 saturated carbocycles. The van der Waals surface area contributed by atoms with Crippen LogP contribution in [0.5, 0.6) is 0 Å². The fraction of sp³-hybridized carbons (Fsp3) is 0.588. The number of carbonyl (C=O) groups is 1. The Hall–Kier alpha value is -2.11. The Morgan fingerprint density at radius 3 is 2.87 bits per heavy atom. The van der Waals surface area contributed by atoms with Crippen LogP contribution in [0.3, 0.4) is 0 Å². The third kappa shape index (κ3) is 3.30. The highest BCUT2D eigenvalue weighted by Crippen LogP contribution is 2.26. The van der Waals surface area contributed by atoms with E-state index in [9.17, 15) is 4.79 Å². The lowest BCUT2D eigenvalue weighted by molar-refractivity contribution is 0.0687. The van der Waals surface area contributed by atoms with E-state index in [0.29, 0.717) is 11.7 Å². The van der Waals surface area contributed by atoms with Gasteiger partial charge in [-0.3, -0.25) is 4.79 Å². The standard InChI is InChI=1S/C17H25N5O/c1-3-4-9-21-12-8-18-15(21)14-6-5-10-22(13-14)17(23)16-19-7-11-20(16)2/h7-8,11-12,14H,3-6,9-10,13H2,1-2H3/t14-/m1/s1. The molecule has 6 heteroatoms. The first-order chi connectivity index (χ1) is 11.2. The predicted molar refractivity (Wildman–Crippen MR) is 88.2 cm³/mol. The number of piperidine rings is 1. The topological polar surface area (TPSA) is 56.0 Å². The molecule has 1 aliphatic heterocycles. The van der Waals surface area contributed by atoms with Crippen LogP contribution in [0.4, 0.5) is 0 Å². The summed E-state index contributed by atoms with van der Waals surface area (Å²) in [5, 5.41) is 0. The highest BCUT2D eigenvalue weighted by Gasteiger charge is 2.29. The number of unbranched alkanes of at least 4 members (excludes halogenated alkanes) is 1. The second-order valence-corrected chi connectivity index (χ2v) is 6.28. The Morgan fingerprint density at radius 2 is 2.13 bits per heavy atom. The minimum absolute atomic E-state index is 0.0221. The first-order valence-electron chi connectivity index (χ1n) is 8.48. The number of likely N-dealkylation sites (tertiary alicyclic amines) is 1. The quantitative estimate of drug-likeness (QED) is 0.851. The number of hydrogen-bond donors (Lipinski definition) is 0. The fourth-order valence-corrected chi connectivity index (χ4v) is 3.28. The van der Waals surface area contributed by atoms with Crippen molar-refractivity contribution in [2.75, 3.05) is 13.1 Å². The molecule has 0 N–H and O–H groups in total. The van der Waals surface area contributed by atoms with E-state index in [1.165, 1.54) is 6.42 Å². The van der Waals surface area contributed by atoms with E-state index < -0.39 is 0 Å². The molecule has 2 aromatic rings. The Balaban J connectivity index is 1.72. The summed E-state index contributed by atoms with van der Waals surface area (Å²) in [5.74, 6) is 1.98. The highest BCUT2D eigenvalue weighted by molar-refractivity contribution is 5.90. The van der Waals surface area contributed by atoms with Crippen LogP contribution in [0.2, 0.25) is 0 Å². The van der Waals surface area contributed by atoms with Crippen molar-refractivity contribution in [1.82, 2.24) is 24.0 Å². The second-order valence-electron chi connectivity index (χ2n) is 6.28. The van der Waals surface area contributed by atoms with Gasteiger partial charge in [-0.05, 0) is 19.3 Å². The molecule has 2 aromatic heterocycles. The fourth-order valence-electron chi connectivity index (χ4n) is 3.28. The van der Waals surface area contributed by atoms with Crippen molar-refractivity contribution < 1.29 is 4.79 Å². The molecule has 0 bridgehead atoms. The van der Waals surface area contributed by atoms with Crippen LogP contribution in [-0.4, -0.2) is 43.0 Å².